The standard InChI is InChI=1S/C10H11NO/c1-2-8-11(12)9-10-6-4-3-5-7-10/h3-7,12H,9H2,1H3. The predicted octanol–water partition coefficient (Wildman–Crippen LogP) is 1.86. The first-order valence-corrected chi connectivity index (χ1v) is 3.75. The SMILES string of the molecule is CC#CN(O)Cc1ccccc1. The summed E-state index contributed by atoms with van der Waals surface area (Å²) < 4.78 is 0. The van der Waals surface area contributed by atoms with Crippen LogP contribution in [0.4, 0.5) is 0 Å². The lowest BCUT2D eigenvalue weighted by Crippen LogP contribution is -2.11. The summed E-state index contributed by atoms with van der Waals surface area (Å²) in [6.45, 7) is 2.13. The quantitative estimate of drug-likeness (QED) is 0.406. The highest BCUT2D eigenvalue weighted by Crippen LogP contribution is 2.00. The van der Waals surface area contributed by atoms with Gasteiger partial charge in [-0.1, -0.05) is 36.3 Å². The minimum atomic E-state index is 0.446. The van der Waals surface area contributed by atoms with Crippen LogP contribution in [0, 0.1) is 12.0 Å². The molecule has 0 amide bonds. The molecule has 0 fully saturated rings. The number of hydrogen-bond donors (Lipinski definition) is 1. The molecular formula is C10H11NO. The Morgan fingerprint density at radius 2 is 2.00 bits per heavy atom. The zero-order chi connectivity index (χ0) is 8.81. The van der Waals surface area contributed by atoms with E-state index in [2.05, 4.69) is 12.0 Å². The second-order valence-electron chi connectivity index (χ2n) is 2.41. The predicted molar refractivity (Wildman–Crippen MR) is 47.2 cm³/mol. The molecule has 12 heavy (non-hydrogen) atoms. The van der Waals surface area contributed by atoms with Crippen molar-refractivity contribution in [3.8, 4) is 12.0 Å². The monoisotopic (exact) mass is 161 g/mol. The van der Waals surface area contributed by atoms with Gasteiger partial charge in [0.05, 0.1) is 6.54 Å². The fourth-order valence-electron chi connectivity index (χ4n) is 0.925. The van der Waals surface area contributed by atoms with E-state index in [1.165, 1.54) is 0 Å². The molecule has 0 saturated heterocycles. The molecule has 1 rings (SSSR count). The lowest BCUT2D eigenvalue weighted by Gasteiger charge is -2.07. The summed E-state index contributed by atoms with van der Waals surface area (Å²) in [4.78, 5) is 0. The van der Waals surface area contributed by atoms with Crippen LogP contribution in [0.5, 0.6) is 0 Å². The van der Waals surface area contributed by atoms with Crippen LogP contribution in [-0.4, -0.2) is 10.3 Å². The zero-order valence-electron chi connectivity index (χ0n) is 6.99. The fourth-order valence-corrected chi connectivity index (χ4v) is 0.925. The Morgan fingerprint density at radius 3 is 2.58 bits per heavy atom. The van der Waals surface area contributed by atoms with Gasteiger partial charge in [-0.05, 0) is 12.5 Å². The zero-order valence-corrected chi connectivity index (χ0v) is 6.99. The van der Waals surface area contributed by atoms with Crippen molar-refractivity contribution in [1.82, 2.24) is 5.06 Å². The van der Waals surface area contributed by atoms with E-state index in [1.54, 1.807) is 6.92 Å². The summed E-state index contributed by atoms with van der Waals surface area (Å²) in [7, 11) is 0. The Balaban J connectivity index is 2.56. The van der Waals surface area contributed by atoms with Gasteiger partial charge in [-0.3, -0.25) is 5.21 Å². The van der Waals surface area contributed by atoms with Crippen molar-refractivity contribution in [3.63, 3.8) is 0 Å². The molecule has 0 aliphatic carbocycles. The third-order valence-electron chi connectivity index (χ3n) is 1.42. The van der Waals surface area contributed by atoms with Gasteiger partial charge in [0.15, 0.2) is 0 Å². The van der Waals surface area contributed by atoms with E-state index < -0.39 is 0 Å². The van der Waals surface area contributed by atoms with Gasteiger partial charge < -0.3 is 0 Å². The van der Waals surface area contributed by atoms with E-state index in [-0.39, 0.29) is 0 Å². The molecular weight excluding hydrogens is 150 g/mol. The van der Waals surface area contributed by atoms with E-state index >= 15 is 0 Å². The summed E-state index contributed by atoms with van der Waals surface area (Å²) >= 11 is 0. The molecule has 0 heterocycles. The first-order chi connectivity index (χ1) is 5.83. The van der Waals surface area contributed by atoms with Gasteiger partial charge in [0.25, 0.3) is 0 Å². The lowest BCUT2D eigenvalue weighted by atomic mass is 10.2. The topological polar surface area (TPSA) is 23.5 Å². The van der Waals surface area contributed by atoms with Crippen molar-refractivity contribution in [2.75, 3.05) is 0 Å². The van der Waals surface area contributed by atoms with Crippen LogP contribution in [0.15, 0.2) is 30.3 Å². The largest absolute Gasteiger partial charge is 0.280 e. The van der Waals surface area contributed by atoms with Crippen LogP contribution in [0.2, 0.25) is 0 Å². The van der Waals surface area contributed by atoms with Gasteiger partial charge in [0.2, 0.25) is 0 Å². The first-order valence-electron chi connectivity index (χ1n) is 3.75. The Morgan fingerprint density at radius 1 is 1.33 bits per heavy atom. The lowest BCUT2D eigenvalue weighted by molar-refractivity contribution is -0.0364. The van der Waals surface area contributed by atoms with E-state index in [4.69, 9.17) is 5.21 Å². The van der Waals surface area contributed by atoms with Gasteiger partial charge in [-0.25, -0.2) is 5.06 Å². The van der Waals surface area contributed by atoms with Crippen molar-refractivity contribution < 1.29 is 5.21 Å². The fraction of sp³-hybridized carbons (Fsp3) is 0.200. The Labute approximate surface area is 72.4 Å². The summed E-state index contributed by atoms with van der Waals surface area (Å²) in [5, 5.41) is 10.1. The molecule has 62 valence electrons. The number of hydroxylamine groups is 2. The average molecular weight is 161 g/mol. The molecule has 0 spiro atoms. The molecule has 1 aromatic carbocycles. The second kappa shape index (κ2) is 4.42. The first kappa shape index (κ1) is 8.63. The van der Waals surface area contributed by atoms with Gasteiger partial charge in [0.1, 0.15) is 0 Å². The highest BCUT2D eigenvalue weighted by molar-refractivity contribution is 5.14. The molecule has 1 N–H and O–H groups in total. The molecule has 2 nitrogen and oxygen atoms in total. The minimum Gasteiger partial charge on any atom is -0.280 e. The number of nitrogens with zero attached hydrogens (tertiary/aromatic N) is 1. The normalized spacial score (nSPS) is 8.50. The molecule has 2 heteroatoms. The summed E-state index contributed by atoms with van der Waals surface area (Å²) in [6, 6.07) is 12.2. The van der Waals surface area contributed by atoms with Crippen LogP contribution >= 0.6 is 0 Å². The van der Waals surface area contributed by atoms with E-state index in [9.17, 15) is 0 Å². The molecule has 0 bridgehead atoms. The van der Waals surface area contributed by atoms with Gasteiger partial charge >= 0.3 is 0 Å². The van der Waals surface area contributed by atoms with Crippen LogP contribution < -0.4 is 0 Å². The smallest absolute Gasteiger partial charge is 0.0792 e. The summed E-state index contributed by atoms with van der Waals surface area (Å²) in [5.74, 6) is 2.61. The van der Waals surface area contributed by atoms with Crippen LogP contribution in [0.1, 0.15) is 12.5 Å². The minimum absolute atomic E-state index is 0.446. The number of hydrogen-bond acceptors (Lipinski definition) is 2. The van der Waals surface area contributed by atoms with Crippen LogP contribution in [0.3, 0.4) is 0 Å². The molecule has 0 atom stereocenters. The molecule has 0 saturated carbocycles. The molecule has 0 aliphatic rings. The van der Waals surface area contributed by atoms with Crippen molar-refractivity contribution in [2.24, 2.45) is 0 Å². The van der Waals surface area contributed by atoms with E-state index in [1.807, 2.05) is 30.3 Å². The van der Waals surface area contributed by atoms with Crippen molar-refractivity contribution >= 4 is 0 Å². The summed E-state index contributed by atoms with van der Waals surface area (Å²) in [5.41, 5.74) is 1.04. The molecule has 0 aromatic heterocycles. The van der Waals surface area contributed by atoms with Gasteiger partial charge in [-0.2, -0.15) is 0 Å². The maximum atomic E-state index is 9.16. The molecule has 0 aliphatic heterocycles. The molecule has 1 aromatic rings. The van der Waals surface area contributed by atoms with Crippen LogP contribution in [0.25, 0.3) is 0 Å². The average Bonchev–Trinajstić information content (AvgIpc) is 2.06. The van der Waals surface area contributed by atoms with Crippen LogP contribution in [-0.2, 0) is 6.54 Å². The highest BCUT2D eigenvalue weighted by atomic mass is 16.5. The van der Waals surface area contributed by atoms with Crippen molar-refractivity contribution in [1.29, 1.82) is 0 Å². The second-order valence-corrected chi connectivity index (χ2v) is 2.41. The van der Waals surface area contributed by atoms with E-state index in [0.29, 0.717) is 6.54 Å². The Kier molecular flexibility index (Phi) is 3.18. The van der Waals surface area contributed by atoms with Crippen molar-refractivity contribution in [2.45, 2.75) is 13.5 Å². The van der Waals surface area contributed by atoms with Gasteiger partial charge in [-0.15, -0.1) is 0 Å². The Bertz CT molecular complexity index is 284. The van der Waals surface area contributed by atoms with Gasteiger partial charge in [0, 0.05) is 6.04 Å². The number of benzene rings is 1. The molecule has 0 radical (unpaired) electrons. The third-order valence-corrected chi connectivity index (χ3v) is 1.42. The molecule has 0 unspecified atom stereocenters. The van der Waals surface area contributed by atoms with E-state index in [0.717, 1.165) is 10.6 Å². The number of rotatable bonds is 2. The Hall–Kier alpha value is -1.46. The highest BCUT2D eigenvalue weighted by Gasteiger charge is 1.94. The van der Waals surface area contributed by atoms with Crippen molar-refractivity contribution in [3.05, 3.63) is 35.9 Å². The third kappa shape index (κ3) is 2.65. The maximum absolute atomic E-state index is 9.16. The maximum Gasteiger partial charge on any atom is 0.0792 e. The summed E-state index contributed by atoms with van der Waals surface area (Å²) in [6.07, 6.45) is 0.